The highest BCUT2D eigenvalue weighted by Crippen LogP contribution is 2.19. The second-order valence-corrected chi connectivity index (χ2v) is 5.79. The smallest absolute Gasteiger partial charge is 0.325 e. The van der Waals surface area contributed by atoms with Crippen molar-refractivity contribution in [3.8, 4) is 5.75 Å². The third-order valence-corrected chi connectivity index (χ3v) is 4.14. The Bertz CT molecular complexity index is 625. The number of benzene rings is 1. The van der Waals surface area contributed by atoms with Crippen LogP contribution in [0, 0.1) is 5.82 Å². The van der Waals surface area contributed by atoms with E-state index < -0.39 is 6.03 Å². The first-order chi connectivity index (χ1) is 11.5. The molecular formula is C16H18FN3O4. The Morgan fingerprint density at radius 1 is 1.21 bits per heavy atom. The molecule has 0 unspecified atom stereocenters. The zero-order valence-electron chi connectivity index (χ0n) is 13.0. The number of likely N-dealkylation sites (tertiary alicyclic amines) is 1. The van der Waals surface area contributed by atoms with Gasteiger partial charge in [-0.3, -0.25) is 14.5 Å². The van der Waals surface area contributed by atoms with Gasteiger partial charge < -0.3 is 15.0 Å². The van der Waals surface area contributed by atoms with Crippen LogP contribution in [0.3, 0.4) is 0 Å². The second-order valence-electron chi connectivity index (χ2n) is 5.79. The summed E-state index contributed by atoms with van der Waals surface area (Å²) in [5.41, 5.74) is 0. The number of ether oxygens (including phenoxy) is 1. The lowest BCUT2D eigenvalue weighted by Gasteiger charge is -2.32. The monoisotopic (exact) mass is 335 g/mol. The zero-order valence-corrected chi connectivity index (χ0v) is 13.0. The van der Waals surface area contributed by atoms with Gasteiger partial charge in [0.15, 0.2) is 0 Å². The first-order valence-corrected chi connectivity index (χ1v) is 7.81. The van der Waals surface area contributed by atoms with Gasteiger partial charge in [-0.15, -0.1) is 0 Å². The van der Waals surface area contributed by atoms with Crippen molar-refractivity contribution >= 4 is 17.8 Å². The normalized spacial score (nSPS) is 18.7. The van der Waals surface area contributed by atoms with Crippen molar-refractivity contribution in [2.75, 3.05) is 26.2 Å². The van der Waals surface area contributed by atoms with E-state index in [1.165, 1.54) is 12.1 Å². The fourth-order valence-corrected chi connectivity index (χ4v) is 2.78. The van der Waals surface area contributed by atoms with E-state index in [9.17, 15) is 18.8 Å². The highest BCUT2D eigenvalue weighted by atomic mass is 19.1. The van der Waals surface area contributed by atoms with Crippen molar-refractivity contribution < 1.29 is 23.5 Å². The minimum atomic E-state index is -0.525. The Morgan fingerprint density at radius 2 is 1.88 bits per heavy atom. The van der Waals surface area contributed by atoms with E-state index in [0.29, 0.717) is 31.7 Å². The first kappa shape index (κ1) is 16.2. The molecule has 0 aromatic heterocycles. The lowest BCUT2D eigenvalue weighted by molar-refractivity contribution is -0.137. The maximum absolute atomic E-state index is 12.9. The van der Waals surface area contributed by atoms with Gasteiger partial charge in [-0.2, -0.15) is 0 Å². The number of carbonyl (C=O) groups excluding carboxylic acids is 3. The molecule has 1 aromatic carbocycles. The molecule has 128 valence electrons. The molecule has 8 heteroatoms. The predicted octanol–water partition coefficient (Wildman–Crippen LogP) is 0.747. The summed E-state index contributed by atoms with van der Waals surface area (Å²) < 4.78 is 18.6. The van der Waals surface area contributed by atoms with E-state index in [1.807, 2.05) is 0 Å². The molecule has 0 saturated carbocycles. The van der Waals surface area contributed by atoms with Crippen molar-refractivity contribution in [2.45, 2.75) is 18.9 Å². The number of halogens is 1. The highest BCUT2D eigenvalue weighted by Gasteiger charge is 2.32. The predicted molar refractivity (Wildman–Crippen MR) is 81.7 cm³/mol. The van der Waals surface area contributed by atoms with Gasteiger partial charge in [0.05, 0.1) is 6.54 Å². The van der Waals surface area contributed by atoms with E-state index >= 15 is 0 Å². The number of hydrogen-bond acceptors (Lipinski definition) is 4. The quantitative estimate of drug-likeness (QED) is 0.824. The molecule has 7 nitrogen and oxygen atoms in total. The standard InChI is InChI=1S/C16H18FN3O4/c17-11-1-3-12(4-2-11)24-13-5-7-19(8-6-13)15(22)10-20-14(21)9-18-16(20)23/h1-4,13H,5-10H2,(H,18,23). The summed E-state index contributed by atoms with van der Waals surface area (Å²) in [5.74, 6) is -0.354. The van der Waals surface area contributed by atoms with Gasteiger partial charge in [0.25, 0.3) is 5.91 Å². The number of hydrogen-bond donors (Lipinski definition) is 1. The Kier molecular flexibility index (Phi) is 4.64. The average molecular weight is 335 g/mol. The largest absolute Gasteiger partial charge is 0.490 e. The summed E-state index contributed by atoms with van der Waals surface area (Å²) >= 11 is 0. The Labute approximate surface area is 138 Å². The number of amides is 4. The highest BCUT2D eigenvalue weighted by molar-refractivity contribution is 6.04. The van der Waals surface area contributed by atoms with Crippen LogP contribution in [0.15, 0.2) is 24.3 Å². The molecule has 2 heterocycles. The molecule has 2 saturated heterocycles. The number of nitrogens with one attached hydrogen (secondary N) is 1. The van der Waals surface area contributed by atoms with Gasteiger partial charge in [-0.05, 0) is 24.3 Å². The van der Waals surface area contributed by atoms with Crippen LogP contribution in [0.25, 0.3) is 0 Å². The zero-order chi connectivity index (χ0) is 17.1. The SMILES string of the molecule is O=C(CN1C(=O)CNC1=O)N1CCC(Oc2ccc(F)cc2)CC1. The Hall–Kier alpha value is -2.64. The topological polar surface area (TPSA) is 79.0 Å². The van der Waals surface area contributed by atoms with Crippen LogP contribution in [-0.2, 0) is 9.59 Å². The van der Waals surface area contributed by atoms with Gasteiger partial charge in [-0.25, -0.2) is 9.18 Å². The maximum atomic E-state index is 12.9. The van der Waals surface area contributed by atoms with E-state index in [-0.39, 0.29) is 36.8 Å². The number of rotatable bonds is 4. The molecule has 2 aliphatic heterocycles. The molecule has 2 aliphatic rings. The maximum Gasteiger partial charge on any atom is 0.325 e. The molecule has 4 amide bonds. The van der Waals surface area contributed by atoms with E-state index in [0.717, 1.165) is 4.90 Å². The summed E-state index contributed by atoms with van der Waals surface area (Å²) in [6.45, 7) is 0.705. The molecule has 0 radical (unpaired) electrons. The molecule has 0 bridgehead atoms. The molecule has 1 aromatic rings. The Morgan fingerprint density at radius 3 is 2.46 bits per heavy atom. The summed E-state index contributed by atoms with van der Waals surface area (Å²) in [6, 6.07) is 5.30. The molecule has 0 spiro atoms. The number of nitrogens with zero attached hydrogens (tertiary/aromatic N) is 2. The van der Waals surface area contributed by atoms with E-state index in [2.05, 4.69) is 5.32 Å². The minimum Gasteiger partial charge on any atom is -0.490 e. The number of urea groups is 1. The molecular weight excluding hydrogens is 317 g/mol. The lowest BCUT2D eigenvalue weighted by atomic mass is 10.1. The molecule has 0 aliphatic carbocycles. The van der Waals surface area contributed by atoms with Gasteiger partial charge in [-0.1, -0.05) is 0 Å². The second kappa shape index (κ2) is 6.86. The van der Waals surface area contributed by atoms with Crippen molar-refractivity contribution in [1.29, 1.82) is 0 Å². The Balaban J connectivity index is 1.47. The van der Waals surface area contributed by atoms with Crippen LogP contribution in [0.1, 0.15) is 12.8 Å². The van der Waals surface area contributed by atoms with E-state index in [4.69, 9.17) is 4.74 Å². The average Bonchev–Trinajstić information content (AvgIpc) is 2.89. The van der Waals surface area contributed by atoms with Gasteiger partial charge in [0.2, 0.25) is 5.91 Å². The van der Waals surface area contributed by atoms with Crippen molar-refractivity contribution in [2.24, 2.45) is 0 Å². The summed E-state index contributed by atoms with van der Waals surface area (Å²) in [4.78, 5) is 37.7. The molecule has 0 atom stereocenters. The van der Waals surface area contributed by atoms with Crippen molar-refractivity contribution in [1.82, 2.24) is 15.1 Å². The van der Waals surface area contributed by atoms with E-state index in [1.54, 1.807) is 17.0 Å². The van der Waals surface area contributed by atoms with Crippen LogP contribution in [-0.4, -0.2) is 59.9 Å². The molecule has 1 N–H and O–H groups in total. The van der Waals surface area contributed by atoms with Crippen LogP contribution in [0.2, 0.25) is 0 Å². The first-order valence-electron chi connectivity index (χ1n) is 7.81. The number of carbonyl (C=O) groups is 3. The van der Waals surface area contributed by atoms with Crippen LogP contribution >= 0.6 is 0 Å². The van der Waals surface area contributed by atoms with Gasteiger partial charge in [0.1, 0.15) is 24.2 Å². The third-order valence-electron chi connectivity index (χ3n) is 4.14. The lowest BCUT2D eigenvalue weighted by Crippen LogP contribution is -2.47. The molecule has 2 fully saturated rings. The van der Waals surface area contributed by atoms with Gasteiger partial charge in [0, 0.05) is 25.9 Å². The minimum absolute atomic E-state index is 0.0452. The van der Waals surface area contributed by atoms with Crippen molar-refractivity contribution in [3.63, 3.8) is 0 Å². The third kappa shape index (κ3) is 3.64. The van der Waals surface area contributed by atoms with Crippen molar-refractivity contribution in [3.05, 3.63) is 30.1 Å². The number of imide groups is 1. The van der Waals surface area contributed by atoms with Crippen LogP contribution < -0.4 is 10.1 Å². The summed E-state index contributed by atoms with van der Waals surface area (Å²) in [7, 11) is 0. The fraction of sp³-hybridized carbons (Fsp3) is 0.438. The van der Waals surface area contributed by atoms with Gasteiger partial charge >= 0.3 is 6.03 Å². The van der Waals surface area contributed by atoms with Crippen LogP contribution in [0.4, 0.5) is 9.18 Å². The summed E-state index contributed by atoms with van der Waals surface area (Å²) in [6.07, 6.45) is 1.24. The number of piperidine rings is 1. The molecule has 3 rings (SSSR count). The summed E-state index contributed by atoms with van der Waals surface area (Å²) in [5, 5.41) is 2.39. The fourth-order valence-electron chi connectivity index (χ4n) is 2.78. The molecule has 24 heavy (non-hydrogen) atoms. The van der Waals surface area contributed by atoms with Crippen LogP contribution in [0.5, 0.6) is 5.75 Å².